The highest BCUT2D eigenvalue weighted by Gasteiger charge is 2.15. The van der Waals surface area contributed by atoms with Gasteiger partial charge in [-0.1, -0.05) is 0 Å². The van der Waals surface area contributed by atoms with Gasteiger partial charge in [-0.25, -0.2) is 4.39 Å². The lowest BCUT2D eigenvalue weighted by Gasteiger charge is -2.30. The van der Waals surface area contributed by atoms with E-state index in [1.165, 1.54) is 6.07 Å². The van der Waals surface area contributed by atoms with Crippen LogP contribution >= 0.6 is 0 Å². The Kier molecular flexibility index (Phi) is 2.88. The summed E-state index contributed by atoms with van der Waals surface area (Å²) in [6.45, 7) is 5.63. The van der Waals surface area contributed by atoms with Gasteiger partial charge in [0.05, 0.1) is 5.52 Å². The maximum atomic E-state index is 13.7. The molecule has 0 aliphatic carbocycles. The zero-order valence-electron chi connectivity index (χ0n) is 10.4. The Bertz CT molecular complexity index is 571. The largest absolute Gasteiger partial charge is 0.368 e. The van der Waals surface area contributed by atoms with Gasteiger partial charge >= 0.3 is 0 Å². The zero-order chi connectivity index (χ0) is 12.5. The number of piperazine rings is 1. The third-order valence-electron chi connectivity index (χ3n) is 3.35. The summed E-state index contributed by atoms with van der Waals surface area (Å²) in [5, 5.41) is 4.34. The normalized spacial score (nSPS) is 16.2. The summed E-state index contributed by atoms with van der Waals surface area (Å²) in [7, 11) is 0. The Morgan fingerprint density at radius 2 is 2.00 bits per heavy atom. The number of hydrogen-bond donors (Lipinski definition) is 1. The zero-order valence-corrected chi connectivity index (χ0v) is 10.4. The molecule has 0 spiro atoms. The summed E-state index contributed by atoms with van der Waals surface area (Å²) in [5.41, 5.74) is 2.61. The quantitative estimate of drug-likeness (QED) is 0.834. The molecule has 1 aromatic carbocycles. The maximum Gasteiger partial charge on any atom is 0.127 e. The first-order chi connectivity index (χ1) is 8.74. The van der Waals surface area contributed by atoms with Gasteiger partial charge in [0.2, 0.25) is 0 Å². The van der Waals surface area contributed by atoms with E-state index in [-0.39, 0.29) is 5.82 Å². The lowest BCUT2D eigenvalue weighted by molar-refractivity contribution is 0.586. The van der Waals surface area contributed by atoms with Crippen molar-refractivity contribution < 1.29 is 4.39 Å². The third kappa shape index (κ3) is 2.04. The van der Waals surface area contributed by atoms with Crippen LogP contribution < -0.4 is 10.2 Å². The molecule has 3 nitrogen and oxygen atoms in total. The second-order valence-electron chi connectivity index (χ2n) is 4.68. The predicted octanol–water partition coefficient (Wildman–Crippen LogP) is 2.09. The van der Waals surface area contributed by atoms with Crippen molar-refractivity contribution in [2.75, 3.05) is 31.1 Å². The van der Waals surface area contributed by atoms with Gasteiger partial charge in [0, 0.05) is 49.0 Å². The van der Waals surface area contributed by atoms with E-state index in [0.717, 1.165) is 48.5 Å². The summed E-state index contributed by atoms with van der Waals surface area (Å²) < 4.78 is 13.7. The number of hydrogen-bond acceptors (Lipinski definition) is 3. The fourth-order valence-corrected chi connectivity index (χ4v) is 2.45. The first-order valence-corrected chi connectivity index (χ1v) is 6.26. The van der Waals surface area contributed by atoms with Crippen molar-refractivity contribution in [1.29, 1.82) is 0 Å². The number of benzene rings is 1. The van der Waals surface area contributed by atoms with Gasteiger partial charge in [-0.05, 0) is 25.1 Å². The molecule has 0 amide bonds. The van der Waals surface area contributed by atoms with Gasteiger partial charge in [0.15, 0.2) is 0 Å². The summed E-state index contributed by atoms with van der Waals surface area (Å²) >= 11 is 0. The molecule has 0 bridgehead atoms. The van der Waals surface area contributed by atoms with Crippen molar-refractivity contribution in [2.24, 2.45) is 0 Å². The minimum absolute atomic E-state index is 0.214. The Morgan fingerprint density at radius 1 is 1.22 bits per heavy atom. The van der Waals surface area contributed by atoms with Gasteiger partial charge < -0.3 is 10.2 Å². The van der Waals surface area contributed by atoms with E-state index in [9.17, 15) is 4.39 Å². The van der Waals surface area contributed by atoms with Crippen molar-refractivity contribution >= 4 is 16.6 Å². The van der Waals surface area contributed by atoms with Crippen LogP contribution in [-0.4, -0.2) is 31.2 Å². The predicted molar refractivity (Wildman–Crippen MR) is 71.5 cm³/mol. The van der Waals surface area contributed by atoms with Gasteiger partial charge in [-0.15, -0.1) is 0 Å². The average Bonchev–Trinajstić information content (AvgIpc) is 2.38. The number of pyridine rings is 1. The minimum Gasteiger partial charge on any atom is -0.368 e. The Hall–Kier alpha value is -1.68. The van der Waals surface area contributed by atoms with E-state index in [2.05, 4.69) is 15.2 Å². The van der Waals surface area contributed by atoms with Crippen molar-refractivity contribution in [3.05, 3.63) is 35.8 Å². The third-order valence-corrected chi connectivity index (χ3v) is 3.35. The molecule has 0 atom stereocenters. The molecule has 3 rings (SSSR count). The van der Waals surface area contributed by atoms with Gasteiger partial charge in [-0.2, -0.15) is 0 Å². The Balaban J connectivity index is 2.14. The maximum absolute atomic E-state index is 13.7. The number of nitrogens with zero attached hydrogens (tertiary/aromatic N) is 2. The van der Waals surface area contributed by atoms with Crippen LogP contribution in [0.4, 0.5) is 10.1 Å². The fraction of sp³-hybridized carbons (Fsp3) is 0.357. The van der Waals surface area contributed by atoms with Crippen LogP contribution in [0, 0.1) is 12.7 Å². The topological polar surface area (TPSA) is 28.2 Å². The standard InChI is InChI=1S/C14H16FN3/c1-10-2-3-12-13(17-10)8-11(15)9-14(12)18-6-4-16-5-7-18/h2-3,8-9,16H,4-7H2,1H3. The van der Waals surface area contributed by atoms with Gasteiger partial charge in [0.25, 0.3) is 0 Å². The van der Waals surface area contributed by atoms with E-state index < -0.39 is 0 Å². The number of aryl methyl sites for hydroxylation is 1. The van der Waals surface area contributed by atoms with E-state index in [1.54, 1.807) is 6.07 Å². The highest BCUT2D eigenvalue weighted by Crippen LogP contribution is 2.27. The second kappa shape index (κ2) is 4.53. The fourth-order valence-electron chi connectivity index (χ4n) is 2.45. The van der Waals surface area contributed by atoms with Crippen molar-refractivity contribution in [3.63, 3.8) is 0 Å². The van der Waals surface area contributed by atoms with Crippen molar-refractivity contribution in [2.45, 2.75) is 6.92 Å². The summed E-state index contributed by atoms with van der Waals surface area (Å²) in [4.78, 5) is 6.63. The van der Waals surface area contributed by atoms with E-state index >= 15 is 0 Å². The monoisotopic (exact) mass is 245 g/mol. The molecule has 2 aromatic rings. The van der Waals surface area contributed by atoms with Gasteiger partial charge in [0.1, 0.15) is 5.82 Å². The summed E-state index contributed by atoms with van der Waals surface area (Å²) in [6, 6.07) is 7.14. The molecule has 1 aromatic heterocycles. The first kappa shape index (κ1) is 11.4. The molecule has 0 unspecified atom stereocenters. The number of halogens is 1. The molecule has 2 heterocycles. The molecule has 1 N–H and O–H groups in total. The van der Waals surface area contributed by atoms with Crippen LogP contribution in [0.1, 0.15) is 5.69 Å². The van der Waals surface area contributed by atoms with Gasteiger partial charge in [-0.3, -0.25) is 4.98 Å². The number of aromatic nitrogens is 1. The number of anilines is 1. The lowest BCUT2D eigenvalue weighted by Crippen LogP contribution is -2.43. The minimum atomic E-state index is -0.214. The molecule has 1 saturated heterocycles. The number of nitrogens with one attached hydrogen (secondary N) is 1. The van der Waals surface area contributed by atoms with Crippen molar-refractivity contribution in [3.8, 4) is 0 Å². The molecule has 1 aliphatic rings. The van der Waals surface area contributed by atoms with E-state index in [1.807, 2.05) is 19.1 Å². The molecule has 4 heteroatoms. The molecule has 94 valence electrons. The van der Waals surface area contributed by atoms with E-state index in [0.29, 0.717) is 0 Å². The smallest absolute Gasteiger partial charge is 0.127 e. The average molecular weight is 245 g/mol. The lowest BCUT2D eigenvalue weighted by atomic mass is 10.1. The molecule has 0 radical (unpaired) electrons. The van der Waals surface area contributed by atoms with Crippen LogP contribution in [0.2, 0.25) is 0 Å². The highest BCUT2D eigenvalue weighted by atomic mass is 19.1. The van der Waals surface area contributed by atoms with Crippen LogP contribution in [-0.2, 0) is 0 Å². The summed E-state index contributed by atoms with van der Waals surface area (Å²) in [5.74, 6) is -0.214. The number of fused-ring (bicyclic) bond motifs is 1. The number of rotatable bonds is 1. The SMILES string of the molecule is Cc1ccc2c(N3CCNCC3)cc(F)cc2n1. The molecule has 1 aliphatic heterocycles. The van der Waals surface area contributed by atoms with Crippen molar-refractivity contribution in [1.82, 2.24) is 10.3 Å². The summed E-state index contributed by atoms with van der Waals surface area (Å²) in [6.07, 6.45) is 0. The molecule has 1 fully saturated rings. The van der Waals surface area contributed by atoms with Crippen LogP contribution in [0.5, 0.6) is 0 Å². The van der Waals surface area contributed by atoms with E-state index in [4.69, 9.17) is 0 Å². The van der Waals surface area contributed by atoms with Crippen LogP contribution in [0.15, 0.2) is 24.3 Å². The molecule has 18 heavy (non-hydrogen) atoms. The first-order valence-electron chi connectivity index (χ1n) is 6.26. The molecular weight excluding hydrogens is 229 g/mol. The Morgan fingerprint density at radius 3 is 2.78 bits per heavy atom. The van der Waals surface area contributed by atoms with Crippen LogP contribution in [0.25, 0.3) is 10.9 Å². The highest BCUT2D eigenvalue weighted by molar-refractivity contribution is 5.92. The van der Waals surface area contributed by atoms with Crippen LogP contribution in [0.3, 0.4) is 0 Å². The molecular formula is C14H16FN3. The molecule has 0 saturated carbocycles. The second-order valence-corrected chi connectivity index (χ2v) is 4.68. The Labute approximate surface area is 106 Å².